The average molecular weight is 337 g/mol. The smallest absolute Gasteiger partial charge is 0.251 e. The van der Waals surface area contributed by atoms with Gasteiger partial charge in [-0.3, -0.25) is 4.79 Å². The summed E-state index contributed by atoms with van der Waals surface area (Å²) in [5.41, 5.74) is 1.02. The number of carbonyl (C=O) groups excluding carboxylic acids is 1. The van der Waals surface area contributed by atoms with Crippen molar-refractivity contribution in [2.24, 2.45) is 10.9 Å². The topological polar surface area (TPSA) is 43.6 Å². The lowest BCUT2D eigenvalue weighted by Gasteiger charge is -2.18. The number of aromatic nitrogens is 1. The maximum absolute atomic E-state index is 12.3. The Hall–Kier alpha value is -1.43. The van der Waals surface area contributed by atoms with Gasteiger partial charge in [-0.25, -0.2) is 0 Å². The third-order valence-electron chi connectivity index (χ3n) is 3.73. The van der Waals surface area contributed by atoms with Crippen LogP contribution in [0.4, 0.5) is 0 Å². The van der Waals surface area contributed by atoms with Crippen molar-refractivity contribution < 1.29 is 9.53 Å². The lowest BCUT2D eigenvalue weighted by Crippen LogP contribution is -2.25. The SMILES string of the molecule is O=C(N=c1sccn1Cc1ccccc1Cl)C1CCOCC1. The number of rotatable bonds is 3. The first-order chi connectivity index (χ1) is 10.7. The lowest BCUT2D eigenvalue weighted by molar-refractivity contribution is -0.124. The molecule has 0 unspecified atom stereocenters. The van der Waals surface area contributed by atoms with Crippen LogP contribution in [-0.2, 0) is 16.1 Å². The van der Waals surface area contributed by atoms with E-state index < -0.39 is 0 Å². The van der Waals surface area contributed by atoms with Crippen LogP contribution in [0.2, 0.25) is 5.02 Å². The summed E-state index contributed by atoms with van der Waals surface area (Å²) in [6.45, 7) is 1.91. The highest BCUT2D eigenvalue weighted by molar-refractivity contribution is 7.07. The van der Waals surface area contributed by atoms with E-state index >= 15 is 0 Å². The largest absolute Gasteiger partial charge is 0.381 e. The number of carbonyl (C=O) groups is 1. The molecule has 3 rings (SSSR count). The molecule has 0 atom stereocenters. The first-order valence-corrected chi connectivity index (χ1v) is 8.53. The Balaban J connectivity index is 1.81. The van der Waals surface area contributed by atoms with Gasteiger partial charge >= 0.3 is 0 Å². The quantitative estimate of drug-likeness (QED) is 0.864. The fourth-order valence-corrected chi connectivity index (χ4v) is 3.38. The van der Waals surface area contributed by atoms with E-state index in [-0.39, 0.29) is 11.8 Å². The van der Waals surface area contributed by atoms with Crippen molar-refractivity contribution in [2.75, 3.05) is 13.2 Å². The maximum Gasteiger partial charge on any atom is 0.251 e. The van der Waals surface area contributed by atoms with Gasteiger partial charge in [-0.1, -0.05) is 29.8 Å². The molecule has 1 fully saturated rings. The van der Waals surface area contributed by atoms with E-state index in [9.17, 15) is 4.79 Å². The molecule has 4 nitrogen and oxygen atoms in total. The molecule has 116 valence electrons. The van der Waals surface area contributed by atoms with Crippen LogP contribution in [0.5, 0.6) is 0 Å². The van der Waals surface area contributed by atoms with E-state index in [2.05, 4.69) is 4.99 Å². The van der Waals surface area contributed by atoms with Gasteiger partial charge in [0.2, 0.25) is 0 Å². The number of hydrogen-bond acceptors (Lipinski definition) is 3. The molecule has 0 N–H and O–H groups in total. The summed E-state index contributed by atoms with van der Waals surface area (Å²) in [6.07, 6.45) is 3.46. The molecule has 1 aromatic carbocycles. The van der Waals surface area contributed by atoms with Crippen LogP contribution in [0.3, 0.4) is 0 Å². The zero-order valence-corrected chi connectivity index (χ0v) is 13.6. The maximum atomic E-state index is 12.3. The standard InChI is InChI=1S/C16H17ClN2O2S/c17-14-4-2-1-3-13(14)11-19-7-10-22-16(19)18-15(20)12-5-8-21-9-6-12/h1-4,7,10,12H,5-6,8-9,11H2. The minimum atomic E-state index is -0.0429. The number of thiazole rings is 1. The minimum absolute atomic E-state index is 0.00962. The van der Waals surface area contributed by atoms with E-state index in [1.807, 2.05) is 40.4 Å². The summed E-state index contributed by atoms with van der Waals surface area (Å²) in [4.78, 5) is 17.3. The van der Waals surface area contributed by atoms with Crippen molar-refractivity contribution in [1.29, 1.82) is 0 Å². The normalized spacial score (nSPS) is 16.9. The first kappa shape index (κ1) is 15.5. The monoisotopic (exact) mass is 336 g/mol. The van der Waals surface area contributed by atoms with Gasteiger partial charge in [0.25, 0.3) is 5.91 Å². The molecule has 1 aliphatic heterocycles. The van der Waals surface area contributed by atoms with Gasteiger partial charge in [0, 0.05) is 35.7 Å². The van der Waals surface area contributed by atoms with E-state index in [0.717, 1.165) is 28.2 Å². The molecule has 0 radical (unpaired) electrons. The molecule has 1 saturated heterocycles. The molecule has 6 heteroatoms. The third-order valence-corrected chi connectivity index (χ3v) is 4.90. The number of halogens is 1. The molecule has 0 aliphatic carbocycles. The molecule has 0 spiro atoms. The molecule has 1 aromatic heterocycles. The highest BCUT2D eigenvalue weighted by Crippen LogP contribution is 2.17. The van der Waals surface area contributed by atoms with Crippen LogP contribution in [-0.4, -0.2) is 23.7 Å². The summed E-state index contributed by atoms with van der Waals surface area (Å²) in [5, 5.41) is 2.66. The molecule has 1 amide bonds. The van der Waals surface area contributed by atoms with Crippen molar-refractivity contribution in [3.63, 3.8) is 0 Å². The molecule has 0 bridgehead atoms. The molecule has 22 heavy (non-hydrogen) atoms. The van der Waals surface area contributed by atoms with Crippen LogP contribution in [0.1, 0.15) is 18.4 Å². The molecular weight excluding hydrogens is 320 g/mol. The second kappa shape index (κ2) is 7.22. The van der Waals surface area contributed by atoms with Crippen LogP contribution in [0.15, 0.2) is 40.8 Å². The molecule has 2 aromatic rings. The fraction of sp³-hybridized carbons (Fsp3) is 0.375. The van der Waals surface area contributed by atoms with Crippen molar-refractivity contribution >= 4 is 28.8 Å². The Kier molecular flexibility index (Phi) is 5.08. The average Bonchev–Trinajstić information content (AvgIpc) is 2.97. The minimum Gasteiger partial charge on any atom is -0.381 e. The zero-order chi connectivity index (χ0) is 15.4. The predicted octanol–water partition coefficient (Wildman–Crippen LogP) is 3.11. The molecule has 0 saturated carbocycles. The summed E-state index contributed by atoms with van der Waals surface area (Å²) in [6, 6.07) is 7.72. The summed E-state index contributed by atoms with van der Waals surface area (Å²) in [7, 11) is 0. The fourth-order valence-electron chi connectivity index (χ4n) is 2.45. The van der Waals surface area contributed by atoms with Gasteiger partial charge in [-0.15, -0.1) is 11.3 Å². The van der Waals surface area contributed by atoms with Crippen LogP contribution < -0.4 is 4.80 Å². The van der Waals surface area contributed by atoms with Crippen molar-refractivity contribution in [1.82, 2.24) is 4.57 Å². The van der Waals surface area contributed by atoms with Gasteiger partial charge in [0.15, 0.2) is 4.80 Å². The highest BCUT2D eigenvalue weighted by Gasteiger charge is 2.21. The molecule has 2 heterocycles. The van der Waals surface area contributed by atoms with Crippen LogP contribution in [0.25, 0.3) is 0 Å². The van der Waals surface area contributed by atoms with E-state index in [1.165, 1.54) is 11.3 Å². The number of hydrogen-bond donors (Lipinski definition) is 0. The second-order valence-electron chi connectivity index (χ2n) is 5.24. The van der Waals surface area contributed by atoms with Gasteiger partial charge in [-0.05, 0) is 24.5 Å². The summed E-state index contributed by atoms with van der Waals surface area (Å²) >= 11 is 7.67. The van der Waals surface area contributed by atoms with Gasteiger partial charge in [0.05, 0.1) is 6.54 Å². The Morgan fingerprint density at radius 1 is 1.36 bits per heavy atom. The van der Waals surface area contributed by atoms with Gasteiger partial charge in [-0.2, -0.15) is 4.99 Å². The zero-order valence-electron chi connectivity index (χ0n) is 12.1. The Bertz CT molecular complexity index is 717. The van der Waals surface area contributed by atoms with Gasteiger partial charge < -0.3 is 9.30 Å². The summed E-state index contributed by atoms with van der Waals surface area (Å²) in [5.74, 6) is -0.0525. The predicted molar refractivity (Wildman–Crippen MR) is 87.0 cm³/mol. The van der Waals surface area contributed by atoms with Crippen LogP contribution >= 0.6 is 22.9 Å². The van der Waals surface area contributed by atoms with Crippen molar-refractivity contribution in [3.05, 3.63) is 51.2 Å². The van der Waals surface area contributed by atoms with Crippen LogP contribution in [0, 0.1) is 5.92 Å². The lowest BCUT2D eigenvalue weighted by atomic mass is 10.00. The van der Waals surface area contributed by atoms with Crippen molar-refractivity contribution in [3.8, 4) is 0 Å². The third kappa shape index (κ3) is 3.66. The van der Waals surface area contributed by atoms with E-state index in [0.29, 0.717) is 19.8 Å². The van der Waals surface area contributed by atoms with Crippen molar-refractivity contribution in [2.45, 2.75) is 19.4 Å². The van der Waals surface area contributed by atoms with E-state index in [1.54, 1.807) is 0 Å². The number of benzene rings is 1. The molecule has 1 aliphatic rings. The highest BCUT2D eigenvalue weighted by atomic mass is 35.5. The number of ether oxygens (including phenoxy) is 1. The number of nitrogens with zero attached hydrogens (tertiary/aromatic N) is 2. The number of amides is 1. The Morgan fingerprint density at radius 2 is 2.14 bits per heavy atom. The van der Waals surface area contributed by atoms with E-state index in [4.69, 9.17) is 16.3 Å². The summed E-state index contributed by atoms with van der Waals surface area (Å²) < 4.78 is 7.25. The molecular formula is C16H17ClN2O2S. The Labute approximate surface area is 138 Å². The Morgan fingerprint density at radius 3 is 2.91 bits per heavy atom. The second-order valence-corrected chi connectivity index (χ2v) is 6.52. The first-order valence-electron chi connectivity index (χ1n) is 7.27. The van der Waals surface area contributed by atoms with Gasteiger partial charge in [0.1, 0.15) is 0 Å².